The van der Waals surface area contributed by atoms with E-state index in [9.17, 15) is 4.79 Å². The van der Waals surface area contributed by atoms with Crippen LogP contribution in [0.5, 0.6) is 0 Å². The molecule has 0 atom stereocenters. The van der Waals surface area contributed by atoms with Gasteiger partial charge in [-0.15, -0.1) is 0 Å². The molecule has 84 valence electrons. The average molecular weight is 223 g/mol. The standard InChI is InChI=1S/C7H9N7O2/c8-6-5(13-16-14-6)7(15)9-2-1-4-10-3-11-12-4/h3H,1-2H2,(H2,8,14)(H,9,15)(H,10,11,12). The van der Waals surface area contributed by atoms with Crippen LogP contribution in [0.4, 0.5) is 5.82 Å². The first-order valence-corrected chi connectivity index (χ1v) is 4.48. The van der Waals surface area contributed by atoms with E-state index in [1.165, 1.54) is 6.33 Å². The number of rotatable bonds is 4. The third kappa shape index (κ3) is 2.13. The van der Waals surface area contributed by atoms with E-state index in [0.717, 1.165) is 0 Å². The van der Waals surface area contributed by atoms with Crippen molar-refractivity contribution in [3.8, 4) is 0 Å². The zero-order chi connectivity index (χ0) is 11.4. The molecule has 0 saturated carbocycles. The lowest BCUT2D eigenvalue weighted by Gasteiger charge is -2.00. The van der Waals surface area contributed by atoms with Crippen molar-refractivity contribution >= 4 is 11.7 Å². The van der Waals surface area contributed by atoms with Gasteiger partial charge in [-0.05, 0) is 10.3 Å². The monoisotopic (exact) mass is 223 g/mol. The highest BCUT2D eigenvalue weighted by molar-refractivity contribution is 5.95. The number of carbonyl (C=O) groups excluding carboxylic acids is 1. The first kappa shape index (κ1) is 10.1. The zero-order valence-corrected chi connectivity index (χ0v) is 8.17. The van der Waals surface area contributed by atoms with Crippen LogP contribution in [0.3, 0.4) is 0 Å². The van der Waals surface area contributed by atoms with Crippen LogP contribution in [-0.2, 0) is 6.42 Å². The van der Waals surface area contributed by atoms with Gasteiger partial charge in [0.15, 0.2) is 0 Å². The zero-order valence-electron chi connectivity index (χ0n) is 8.17. The van der Waals surface area contributed by atoms with Crippen LogP contribution in [0.15, 0.2) is 11.0 Å². The molecule has 9 nitrogen and oxygen atoms in total. The summed E-state index contributed by atoms with van der Waals surface area (Å²) in [6, 6.07) is 0. The van der Waals surface area contributed by atoms with E-state index in [1.807, 2.05) is 0 Å². The lowest BCUT2D eigenvalue weighted by molar-refractivity contribution is 0.0944. The summed E-state index contributed by atoms with van der Waals surface area (Å²) >= 11 is 0. The van der Waals surface area contributed by atoms with Gasteiger partial charge < -0.3 is 11.1 Å². The molecule has 0 radical (unpaired) electrons. The topological polar surface area (TPSA) is 136 Å². The van der Waals surface area contributed by atoms with Crippen molar-refractivity contribution < 1.29 is 9.42 Å². The van der Waals surface area contributed by atoms with Crippen LogP contribution in [-0.4, -0.2) is 37.9 Å². The molecule has 0 saturated heterocycles. The molecule has 4 N–H and O–H groups in total. The maximum absolute atomic E-state index is 11.5. The molecule has 2 aromatic rings. The van der Waals surface area contributed by atoms with Gasteiger partial charge in [0.2, 0.25) is 11.5 Å². The number of aromatic nitrogens is 5. The number of nitrogen functional groups attached to an aromatic ring is 1. The summed E-state index contributed by atoms with van der Waals surface area (Å²) < 4.78 is 4.30. The van der Waals surface area contributed by atoms with Crippen molar-refractivity contribution in [2.75, 3.05) is 12.3 Å². The average Bonchev–Trinajstić information content (AvgIpc) is 2.88. The minimum atomic E-state index is -0.432. The molecule has 0 aromatic carbocycles. The molecule has 0 fully saturated rings. The highest BCUT2D eigenvalue weighted by Gasteiger charge is 2.15. The Morgan fingerprint density at radius 2 is 2.44 bits per heavy atom. The molecule has 9 heteroatoms. The Kier molecular flexibility index (Phi) is 2.76. The minimum Gasteiger partial charge on any atom is -0.379 e. The van der Waals surface area contributed by atoms with Gasteiger partial charge in [0.25, 0.3) is 5.91 Å². The molecular formula is C7H9N7O2. The van der Waals surface area contributed by atoms with Crippen LogP contribution < -0.4 is 11.1 Å². The molecule has 2 rings (SSSR count). The number of anilines is 1. The lowest BCUT2D eigenvalue weighted by Crippen LogP contribution is -2.27. The van der Waals surface area contributed by atoms with Crippen LogP contribution in [0.25, 0.3) is 0 Å². The van der Waals surface area contributed by atoms with E-state index in [-0.39, 0.29) is 11.5 Å². The Morgan fingerprint density at radius 3 is 3.06 bits per heavy atom. The Bertz CT molecular complexity index is 463. The van der Waals surface area contributed by atoms with Crippen molar-refractivity contribution in [2.24, 2.45) is 0 Å². The second kappa shape index (κ2) is 4.38. The predicted molar refractivity (Wildman–Crippen MR) is 51.1 cm³/mol. The summed E-state index contributed by atoms with van der Waals surface area (Å²) in [4.78, 5) is 15.4. The summed E-state index contributed by atoms with van der Waals surface area (Å²) in [5, 5.41) is 15.6. The first-order valence-electron chi connectivity index (χ1n) is 4.48. The van der Waals surface area contributed by atoms with E-state index in [4.69, 9.17) is 5.73 Å². The van der Waals surface area contributed by atoms with E-state index in [0.29, 0.717) is 18.8 Å². The quantitative estimate of drug-likeness (QED) is 0.588. The number of nitrogens with zero attached hydrogens (tertiary/aromatic N) is 4. The van der Waals surface area contributed by atoms with Crippen molar-refractivity contribution in [1.82, 2.24) is 30.8 Å². The van der Waals surface area contributed by atoms with Crippen LogP contribution in [0.1, 0.15) is 16.3 Å². The van der Waals surface area contributed by atoms with Crippen LogP contribution >= 0.6 is 0 Å². The molecule has 2 heterocycles. The molecule has 0 aliphatic heterocycles. The number of nitrogens with two attached hydrogens (primary N) is 1. The predicted octanol–water partition coefficient (Wildman–Crippen LogP) is -1.26. The first-order chi connectivity index (χ1) is 7.77. The van der Waals surface area contributed by atoms with E-state index in [2.05, 4.69) is 35.4 Å². The lowest BCUT2D eigenvalue weighted by atomic mass is 10.3. The summed E-state index contributed by atoms with van der Waals surface area (Å²) in [6.45, 7) is 0.389. The second-order valence-electron chi connectivity index (χ2n) is 2.94. The van der Waals surface area contributed by atoms with Crippen LogP contribution in [0, 0.1) is 0 Å². The van der Waals surface area contributed by atoms with Crippen molar-refractivity contribution in [2.45, 2.75) is 6.42 Å². The Labute approximate surface area is 89.4 Å². The molecule has 1 amide bonds. The Hall–Kier alpha value is -2.45. The molecular weight excluding hydrogens is 214 g/mol. The number of hydrogen-bond donors (Lipinski definition) is 3. The largest absolute Gasteiger partial charge is 0.379 e. The van der Waals surface area contributed by atoms with Gasteiger partial charge in [0.1, 0.15) is 12.2 Å². The van der Waals surface area contributed by atoms with Gasteiger partial charge in [-0.1, -0.05) is 0 Å². The third-order valence-corrected chi connectivity index (χ3v) is 1.84. The van der Waals surface area contributed by atoms with Gasteiger partial charge in [0, 0.05) is 13.0 Å². The van der Waals surface area contributed by atoms with Gasteiger partial charge in [0.05, 0.1) is 0 Å². The SMILES string of the molecule is Nc1nonc1C(=O)NCCc1ncn[nH]1. The second-order valence-corrected chi connectivity index (χ2v) is 2.94. The normalized spacial score (nSPS) is 10.2. The fourth-order valence-electron chi connectivity index (χ4n) is 1.08. The van der Waals surface area contributed by atoms with Gasteiger partial charge in [-0.2, -0.15) is 5.10 Å². The number of H-pyrrole nitrogens is 1. The summed E-state index contributed by atoms with van der Waals surface area (Å²) in [5.41, 5.74) is 5.33. The highest BCUT2D eigenvalue weighted by Crippen LogP contribution is 2.02. The molecule has 16 heavy (non-hydrogen) atoms. The Balaban J connectivity index is 1.83. The fraction of sp³-hybridized carbons (Fsp3) is 0.286. The van der Waals surface area contributed by atoms with E-state index < -0.39 is 5.91 Å². The van der Waals surface area contributed by atoms with E-state index >= 15 is 0 Å². The van der Waals surface area contributed by atoms with Crippen molar-refractivity contribution in [3.63, 3.8) is 0 Å². The minimum absolute atomic E-state index is 0.0161. The maximum atomic E-state index is 11.5. The molecule has 0 unspecified atom stereocenters. The number of amides is 1. The third-order valence-electron chi connectivity index (χ3n) is 1.84. The maximum Gasteiger partial charge on any atom is 0.277 e. The molecule has 2 aromatic heterocycles. The van der Waals surface area contributed by atoms with Crippen LogP contribution in [0.2, 0.25) is 0 Å². The fourth-order valence-corrected chi connectivity index (χ4v) is 1.08. The van der Waals surface area contributed by atoms with Crippen molar-refractivity contribution in [1.29, 1.82) is 0 Å². The summed E-state index contributed by atoms with van der Waals surface area (Å²) in [7, 11) is 0. The van der Waals surface area contributed by atoms with Gasteiger partial charge in [-0.25, -0.2) is 9.61 Å². The van der Waals surface area contributed by atoms with Crippen molar-refractivity contribution in [3.05, 3.63) is 17.8 Å². The van der Waals surface area contributed by atoms with Gasteiger partial charge in [-0.3, -0.25) is 9.89 Å². The molecule has 0 spiro atoms. The van der Waals surface area contributed by atoms with E-state index in [1.54, 1.807) is 0 Å². The summed E-state index contributed by atoms with van der Waals surface area (Å²) in [6.07, 6.45) is 1.94. The Morgan fingerprint density at radius 1 is 1.56 bits per heavy atom. The molecule has 0 bridgehead atoms. The summed E-state index contributed by atoms with van der Waals surface area (Å²) in [5.74, 6) is 0.224. The molecule has 0 aliphatic rings. The number of nitrogens with one attached hydrogen (secondary N) is 2. The highest BCUT2D eigenvalue weighted by atomic mass is 16.6. The smallest absolute Gasteiger partial charge is 0.277 e. The number of carbonyl (C=O) groups is 1. The number of aromatic amines is 1. The number of hydrogen-bond acceptors (Lipinski definition) is 7. The molecule has 0 aliphatic carbocycles. The van der Waals surface area contributed by atoms with Gasteiger partial charge >= 0.3 is 0 Å².